The van der Waals surface area contributed by atoms with Gasteiger partial charge in [0.1, 0.15) is 0 Å². The molecule has 0 radical (unpaired) electrons. The van der Waals surface area contributed by atoms with Crippen molar-refractivity contribution in [1.29, 1.82) is 0 Å². The van der Waals surface area contributed by atoms with Gasteiger partial charge in [0.05, 0.1) is 11.9 Å². The van der Waals surface area contributed by atoms with Crippen molar-refractivity contribution < 1.29 is 18.3 Å². The van der Waals surface area contributed by atoms with Crippen LogP contribution in [0.2, 0.25) is 0 Å². The van der Waals surface area contributed by atoms with Crippen molar-refractivity contribution in [2.75, 3.05) is 20.3 Å². The summed E-state index contributed by atoms with van der Waals surface area (Å²) in [5.74, 6) is 0. The lowest BCUT2D eigenvalue weighted by Gasteiger charge is -2.24. The molecule has 0 aliphatic heterocycles. The molecule has 0 bridgehead atoms. The van der Waals surface area contributed by atoms with Crippen molar-refractivity contribution in [3.8, 4) is 0 Å². The average molecular weight is 265 g/mol. The Morgan fingerprint density at radius 2 is 2.00 bits per heavy atom. The number of ether oxygens (including phenoxy) is 1. The minimum atomic E-state index is -3.29. The van der Waals surface area contributed by atoms with E-state index >= 15 is 0 Å². The zero-order valence-corrected chi connectivity index (χ0v) is 11.2. The number of aliphatic hydroxyl groups excluding tert-OH is 1. The van der Waals surface area contributed by atoms with Crippen LogP contribution in [0.4, 0.5) is 0 Å². The van der Waals surface area contributed by atoms with E-state index in [-0.39, 0.29) is 11.9 Å². The maximum absolute atomic E-state index is 12.1. The first-order valence-electron chi connectivity index (χ1n) is 6.21. The summed E-state index contributed by atoms with van der Waals surface area (Å²) in [6.45, 7) is 0.258. The van der Waals surface area contributed by atoms with Gasteiger partial charge in [0, 0.05) is 19.8 Å². The van der Waals surface area contributed by atoms with Crippen molar-refractivity contribution in [3.63, 3.8) is 0 Å². The van der Waals surface area contributed by atoms with Crippen molar-refractivity contribution in [2.24, 2.45) is 0 Å². The van der Waals surface area contributed by atoms with E-state index in [1.807, 2.05) is 0 Å². The molecule has 1 rings (SSSR count). The maximum Gasteiger partial charge on any atom is 0.214 e. The summed E-state index contributed by atoms with van der Waals surface area (Å²) in [6.07, 6.45) is 5.05. The van der Waals surface area contributed by atoms with Gasteiger partial charge < -0.3 is 9.84 Å². The maximum atomic E-state index is 12.1. The Bertz CT molecular complexity index is 299. The second-order valence-corrected chi connectivity index (χ2v) is 6.58. The number of hydrogen-bond donors (Lipinski definition) is 2. The molecule has 1 aliphatic carbocycles. The van der Waals surface area contributed by atoms with Gasteiger partial charge >= 0.3 is 0 Å². The van der Waals surface area contributed by atoms with Crippen molar-refractivity contribution in [3.05, 3.63) is 0 Å². The molecule has 6 heteroatoms. The van der Waals surface area contributed by atoms with Crippen LogP contribution in [-0.4, -0.2) is 45.1 Å². The molecule has 5 nitrogen and oxygen atoms in total. The second-order valence-electron chi connectivity index (χ2n) is 4.58. The number of aliphatic hydroxyl groups is 1. The molecule has 0 aromatic rings. The monoisotopic (exact) mass is 265 g/mol. The third-order valence-electron chi connectivity index (χ3n) is 3.21. The molecule has 0 amide bonds. The van der Waals surface area contributed by atoms with Gasteiger partial charge in [-0.25, -0.2) is 13.1 Å². The zero-order valence-electron chi connectivity index (χ0n) is 10.4. The Balaban J connectivity index is 2.50. The molecule has 0 heterocycles. The van der Waals surface area contributed by atoms with E-state index in [1.54, 1.807) is 7.11 Å². The highest BCUT2D eigenvalue weighted by Crippen LogP contribution is 2.23. The summed E-state index contributed by atoms with van der Waals surface area (Å²) < 4.78 is 31.6. The van der Waals surface area contributed by atoms with Gasteiger partial charge in [0.25, 0.3) is 0 Å². The fourth-order valence-electron chi connectivity index (χ4n) is 2.15. The lowest BCUT2D eigenvalue weighted by Crippen LogP contribution is -2.43. The highest BCUT2D eigenvalue weighted by atomic mass is 32.2. The van der Waals surface area contributed by atoms with Gasteiger partial charge in [-0.3, -0.25) is 0 Å². The third kappa shape index (κ3) is 4.91. The van der Waals surface area contributed by atoms with Crippen molar-refractivity contribution >= 4 is 10.0 Å². The molecule has 1 fully saturated rings. The molecule has 2 N–H and O–H groups in total. The molecule has 0 spiro atoms. The van der Waals surface area contributed by atoms with Crippen LogP contribution in [0.5, 0.6) is 0 Å². The Morgan fingerprint density at radius 3 is 2.53 bits per heavy atom. The number of nitrogens with one attached hydrogen (secondary N) is 1. The van der Waals surface area contributed by atoms with E-state index in [4.69, 9.17) is 9.84 Å². The van der Waals surface area contributed by atoms with E-state index < -0.39 is 16.1 Å². The lowest BCUT2D eigenvalue weighted by atomic mass is 10.0. The standard InChI is InChI=1S/C11H23NO4S/c1-16-8-7-10(9-13)12-17(14,15)11-5-3-2-4-6-11/h10-13H,2-9H2,1H3. The molecule has 1 saturated carbocycles. The SMILES string of the molecule is COCCC(CO)NS(=O)(=O)C1CCCCC1. The molecule has 1 unspecified atom stereocenters. The summed E-state index contributed by atoms with van der Waals surface area (Å²) in [5.41, 5.74) is 0. The van der Waals surface area contributed by atoms with Gasteiger partial charge in [-0.2, -0.15) is 0 Å². The van der Waals surface area contributed by atoms with Crippen LogP contribution in [0.25, 0.3) is 0 Å². The van der Waals surface area contributed by atoms with E-state index in [1.165, 1.54) is 0 Å². The molecule has 0 aromatic heterocycles. The van der Waals surface area contributed by atoms with Crippen LogP contribution in [-0.2, 0) is 14.8 Å². The first-order valence-corrected chi connectivity index (χ1v) is 7.75. The van der Waals surface area contributed by atoms with E-state index in [0.717, 1.165) is 32.1 Å². The Kier molecular flexibility index (Phi) is 6.40. The lowest BCUT2D eigenvalue weighted by molar-refractivity contribution is 0.166. The number of rotatable bonds is 7. The van der Waals surface area contributed by atoms with Crippen LogP contribution in [0.3, 0.4) is 0 Å². The van der Waals surface area contributed by atoms with E-state index in [2.05, 4.69) is 4.72 Å². The first kappa shape index (κ1) is 14.9. The Morgan fingerprint density at radius 1 is 1.35 bits per heavy atom. The highest BCUT2D eigenvalue weighted by Gasteiger charge is 2.28. The second kappa shape index (κ2) is 7.31. The van der Waals surface area contributed by atoms with Gasteiger partial charge in [-0.15, -0.1) is 0 Å². The Hall–Kier alpha value is -0.170. The van der Waals surface area contributed by atoms with Crippen molar-refractivity contribution in [1.82, 2.24) is 4.72 Å². The number of methoxy groups -OCH3 is 1. The summed E-state index contributed by atoms with van der Waals surface area (Å²) in [6, 6.07) is -0.429. The first-order chi connectivity index (χ1) is 8.10. The molecular weight excluding hydrogens is 242 g/mol. The molecule has 0 aromatic carbocycles. The number of hydrogen-bond acceptors (Lipinski definition) is 4. The molecule has 17 heavy (non-hydrogen) atoms. The predicted octanol–water partition coefficient (Wildman–Crippen LogP) is 0.636. The van der Waals surface area contributed by atoms with Crippen LogP contribution >= 0.6 is 0 Å². The quantitative estimate of drug-likeness (QED) is 0.708. The fourth-order valence-corrected chi connectivity index (χ4v) is 3.95. The summed E-state index contributed by atoms with van der Waals surface area (Å²) in [5, 5.41) is 8.85. The molecule has 1 atom stereocenters. The largest absolute Gasteiger partial charge is 0.395 e. The van der Waals surface area contributed by atoms with Crippen LogP contribution in [0, 0.1) is 0 Å². The summed E-state index contributed by atoms with van der Waals surface area (Å²) in [4.78, 5) is 0. The van der Waals surface area contributed by atoms with E-state index in [0.29, 0.717) is 13.0 Å². The van der Waals surface area contributed by atoms with Crippen LogP contribution < -0.4 is 4.72 Å². The molecule has 102 valence electrons. The highest BCUT2D eigenvalue weighted by molar-refractivity contribution is 7.90. The minimum absolute atomic E-state index is 0.185. The van der Waals surface area contributed by atoms with Crippen LogP contribution in [0.1, 0.15) is 38.5 Å². The average Bonchev–Trinajstić information content (AvgIpc) is 2.35. The molecular formula is C11H23NO4S. The predicted molar refractivity (Wildman–Crippen MR) is 66.3 cm³/mol. The summed E-state index contributed by atoms with van der Waals surface area (Å²) >= 11 is 0. The zero-order chi connectivity index (χ0) is 12.7. The van der Waals surface area contributed by atoms with Crippen LogP contribution in [0.15, 0.2) is 0 Å². The number of sulfonamides is 1. The van der Waals surface area contributed by atoms with Crippen molar-refractivity contribution in [2.45, 2.75) is 49.8 Å². The Labute approximate surface area is 104 Å². The molecule has 1 aliphatic rings. The van der Waals surface area contributed by atoms with Gasteiger partial charge in [-0.1, -0.05) is 19.3 Å². The summed E-state index contributed by atoms with van der Waals surface area (Å²) in [7, 11) is -1.73. The van der Waals surface area contributed by atoms with Gasteiger partial charge in [0.2, 0.25) is 10.0 Å². The normalized spacial score (nSPS) is 20.4. The van der Waals surface area contributed by atoms with E-state index in [9.17, 15) is 8.42 Å². The van der Waals surface area contributed by atoms with Gasteiger partial charge in [0.15, 0.2) is 0 Å². The smallest absolute Gasteiger partial charge is 0.214 e. The third-order valence-corrected chi connectivity index (χ3v) is 5.22. The molecule has 0 saturated heterocycles. The fraction of sp³-hybridized carbons (Fsp3) is 1.00. The topological polar surface area (TPSA) is 75.6 Å². The minimum Gasteiger partial charge on any atom is -0.395 e. The van der Waals surface area contributed by atoms with Gasteiger partial charge in [-0.05, 0) is 19.3 Å².